The quantitative estimate of drug-likeness (QED) is 0.324. The van der Waals surface area contributed by atoms with Crippen molar-refractivity contribution in [1.82, 2.24) is 10.2 Å². The Bertz CT molecular complexity index is 1180. The van der Waals surface area contributed by atoms with Gasteiger partial charge in [-0.2, -0.15) is 0 Å². The minimum atomic E-state index is -0.889. The molecule has 164 valence electrons. The van der Waals surface area contributed by atoms with Crippen LogP contribution in [0.4, 0.5) is 15.8 Å². The zero-order valence-electron chi connectivity index (χ0n) is 16.8. The first kappa shape index (κ1) is 21.1. The van der Waals surface area contributed by atoms with E-state index in [1.807, 2.05) is 0 Å². The molecule has 1 amide bonds. The number of non-ortho nitro benzene ring substituents is 1. The van der Waals surface area contributed by atoms with Gasteiger partial charge in [0.15, 0.2) is 6.10 Å². The van der Waals surface area contributed by atoms with Gasteiger partial charge < -0.3 is 14.1 Å². The molecule has 10 nitrogen and oxygen atoms in total. The Morgan fingerprint density at radius 2 is 1.97 bits per heavy atom. The third kappa shape index (κ3) is 4.17. The lowest BCUT2D eigenvalue weighted by Gasteiger charge is -2.17. The summed E-state index contributed by atoms with van der Waals surface area (Å²) in [7, 11) is 0. The van der Waals surface area contributed by atoms with E-state index in [0.717, 1.165) is 0 Å². The zero-order chi connectivity index (χ0) is 22.8. The number of hydrogen-bond acceptors (Lipinski definition) is 8. The lowest BCUT2D eigenvalue weighted by molar-refractivity contribution is -0.384. The second kappa shape index (κ2) is 8.53. The van der Waals surface area contributed by atoms with E-state index in [0.29, 0.717) is 5.56 Å². The van der Waals surface area contributed by atoms with Crippen molar-refractivity contribution in [2.75, 3.05) is 11.4 Å². The lowest BCUT2D eigenvalue weighted by Crippen LogP contribution is -2.27. The number of hydrogen-bond donors (Lipinski definition) is 0. The van der Waals surface area contributed by atoms with Gasteiger partial charge in [-0.1, -0.05) is 12.1 Å². The van der Waals surface area contributed by atoms with E-state index >= 15 is 0 Å². The summed E-state index contributed by atoms with van der Waals surface area (Å²) in [6.07, 6.45) is -0.989. The number of aromatic nitrogens is 2. The van der Waals surface area contributed by atoms with Gasteiger partial charge in [0.05, 0.1) is 16.5 Å². The van der Waals surface area contributed by atoms with E-state index in [2.05, 4.69) is 10.2 Å². The van der Waals surface area contributed by atoms with Crippen LogP contribution < -0.4 is 4.90 Å². The molecule has 2 aromatic carbocycles. The van der Waals surface area contributed by atoms with Gasteiger partial charge in [0.1, 0.15) is 5.82 Å². The number of carbonyl (C=O) groups excluding carboxylic acids is 2. The van der Waals surface area contributed by atoms with E-state index in [1.54, 1.807) is 6.07 Å². The van der Waals surface area contributed by atoms with Crippen LogP contribution in [0.2, 0.25) is 0 Å². The zero-order valence-corrected chi connectivity index (χ0v) is 16.8. The third-order valence-corrected chi connectivity index (χ3v) is 5.01. The second-order valence-corrected chi connectivity index (χ2v) is 7.19. The average Bonchev–Trinajstić information content (AvgIpc) is 3.41. The maximum absolute atomic E-state index is 14.0. The number of benzene rings is 2. The van der Waals surface area contributed by atoms with Crippen molar-refractivity contribution < 1.29 is 28.1 Å². The minimum Gasteiger partial charge on any atom is -0.452 e. The number of anilines is 1. The number of carbonyl (C=O) groups is 2. The van der Waals surface area contributed by atoms with Crippen molar-refractivity contribution >= 4 is 23.3 Å². The summed E-state index contributed by atoms with van der Waals surface area (Å²) < 4.78 is 24.9. The number of rotatable bonds is 6. The first-order valence-electron chi connectivity index (χ1n) is 9.67. The highest BCUT2D eigenvalue weighted by atomic mass is 19.1. The Kier molecular flexibility index (Phi) is 5.63. The summed E-state index contributed by atoms with van der Waals surface area (Å²) in [5, 5.41) is 18.5. The number of halogens is 1. The van der Waals surface area contributed by atoms with Crippen LogP contribution in [0.3, 0.4) is 0 Å². The van der Waals surface area contributed by atoms with E-state index in [1.165, 1.54) is 54.3 Å². The van der Waals surface area contributed by atoms with Gasteiger partial charge in [0.2, 0.25) is 11.8 Å². The Labute approximate surface area is 180 Å². The summed E-state index contributed by atoms with van der Waals surface area (Å²) >= 11 is 0. The maximum atomic E-state index is 14.0. The van der Waals surface area contributed by atoms with Crippen molar-refractivity contribution in [2.45, 2.75) is 19.4 Å². The van der Waals surface area contributed by atoms with E-state index in [9.17, 15) is 24.1 Å². The third-order valence-electron chi connectivity index (χ3n) is 5.01. The number of nitro benzene ring substituents is 1. The monoisotopic (exact) mass is 440 g/mol. The number of nitro groups is 1. The van der Waals surface area contributed by atoms with Gasteiger partial charge in [-0.15, -0.1) is 10.2 Å². The predicted molar refractivity (Wildman–Crippen MR) is 108 cm³/mol. The van der Waals surface area contributed by atoms with Crippen LogP contribution in [-0.2, 0) is 14.3 Å². The van der Waals surface area contributed by atoms with Gasteiger partial charge in [0, 0.05) is 30.7 Å². The SMILES string of the molecule is C[C@H](OC(=O)[C@H]1CC(=O)N(c2ccccc2F)C1)c1nnc(-c2ccc([N+](=O)[O-])cc2)o1. The molecule has 2 atom stereocenters. The van der Waals surface area contributed by atoms with Crippen LogP contribution in [0.15, 0.2) is 52.9 Å². The molecular formula is C21H17FN4O6. The Hall–Kier alpha value is -4.15. The van der Waals surface area contributed by atoms with Crippen molar-refractivity contribution in [3.05, 3.63) is 70.4 Å². The van der Waals surface area contributed by atoms with Gasteiger partial charge in [-0.25, -0.2) is 4.39 Å². The summed E-state index contributed by atoms with van der Waals surface area (Å²) in [5.74, 6) is -2.18. The topological polar surface area (TPSA) is 129 Å². The van der Waals surface area contributed by atoms with Crippen LogP contribution in [0, 0.1) is 21.8 Å². The minimum absolute atomic E-state index is 0.00317. The fourth-order valence-corrected chi connectivity index (χ4v) is 3.33. The second-order valence-electron chi connectivity index (χ2n) is 7.19. The van der Waals surface area contributed by atoms with Crippen molar-refractivity contribution in [3.8, 4) is 11.5 Å². The normalized spacial score (nSPS) is 16.8. The predicted octanol–water partition coefficient (Wildman–Crippen LogP) is 3.44. The number of amides is 1. The first-order valence-corrected chi connectivity index (χ1v) is 9.67. The molecule has 1 aliphatic rings. The molecule has 0 unspecified atom stereocenters. The molecule has 1 aliphatic heterocycles. The molecule has 1 fully saturated rings. The molecule has 0 saturated carbocycles. The molecule has 0 radical (unpaired) electrons. The van der Waals surface area contributed by atoms with Crippen molar-refractivity contribution in [3.63, 3.8) is 0 Å². The smallest absolute Gasteiger partial charge is 0.312 e. The molecular weight excluding hydrogens is 423 g/mol. The van der Waals surface area contributed by atoms with Gasteiger partial charge in [-0.05, 0) is 31.2 Å². The van der Waals surface area contributed by atoms with Crippen molar-refractivity contribution in [1.29, 1.82) is 0 Å². The molecule has 3 aromatic rings. The molecule has 0 bridgehead atoms. The lowest BCUT2D eigenvalue weighted by atomic mass is 10.1. The number of esters is 1. The van der Waals surface area contributed by atoms with Gasteiger partial charge >= 0.3 is 5.97 Å². The highest BCUT2D eigenvalue weighted by Gasteiger charge is 2.38. The average molecular weight is 440 g/mol. The molecule has 1 saturated heterocycles. The molecule has 0 N–H and O–H groups in total. The standard InChI is InChI=1S/C21H17FN4O6/c1-12(19-23-24-20(32-19)13-6-8-15(9-7-13)26(29)30)31-21(28)14-10-18(27)25(11-14)17-5-3-2-4-16(17)22/h2-9,12,14H,10-11H2,1H3/t12-,14-/m0/s1. The van der Waals surface area contributed by atoms with E-state index in [4.69, 9.17) is 9.15 Å². The van der Waals surface area contributed by atoms with Crippen LogP contribution >= 0.6 is 0 Å². The molecule has 1 aromatic heterocycles. The fourth-order valence-electron chi connectivity index (χ4n) is 3.33. The van der Waals surface area contributed by atoms with E-state index < -0.39 is 28.7 Å². The fraction of sp³-hybridized carbons (Fsp3) is 0.238. The molecule has 11 heteroatoms. The summed E-state index contributed by atoms with van der Waals surface area (Å²) in [6.45, 7) is 1.54. The molecule has 4 rings (SSSR count). The van der Waals surface area contributed by atoms with Crippen LogP contribution in [0.5, 0.6) is 0 Å². The summed E-state index contributed by atoms with van der Waals surface area (Å²) in [4.78, 5) is 36.3. The number of ether oxygens (including phenoxy) is 1. The Balaban J connectivity index is 1.41. The van der Waals surface area contributed by atoms with Gasteiger partial charge in [0.25, 0.3) is 11.6 Å². The van der Waals surface area contributed by atoms with Crippen LogP contribution in [0.25, 0.3) is 11.5 Å². The van der Waals surface area contributed by atoms with Crippen LogP contribution in [0.1, 0.15) is 25.3 Å². The van der Waals surface area contributed by atoms with Crippen LogP contribution in [-0.4, -0.2) is 33.5 Å². The highest BCUT2D eigenvalue weighted by Crippen LogP contribution is 2.30. The van der Waals surface area contributed by atoms with E-state index in [-0.39, 0.29) is 42.0 Å². The Morgan fingerprint density at radius 1 is 1.25 bits per heavy atom. The Morgan fingerprint density at radius 3 is 2.66 bits per heavy atom. The first-order chi connectivity index (χ1) is 15.3. The largest absolute Gasteiger partial charge is 0.452 e. The summed E-state index contributed by atoms with van der Waals surface area (Å²) in [5.41, 5.74) is 0.506. The van der Waals surface area contributed by atoms with Gasteiger partial charge in [-0.3, -0.25) is 19.7 Å². The maximum Gasteiger partial charge on any atom is 0.312 e. The number of para-hydroxylation sites is 1. The number of nitrogens with zero attached hydrogens (tertiary/aromatic N) is 4. The molecule has 0 aliphatic carbocycles. The highest BCUT2D eigenvalue weighted by molar-refractivity contribution is 5.99. The summed E-state index contributed by atoms with van der Waals surface area (Å²) in [6, 6.07) is 11.4. The molecule has 2 heterocycles. The molecule has 32 heavy (non-hydrogen) atoms. The van der Waals surface area contributed by atoms with Crippen molar-refractivity contribution in [2.24, 2.45) is 5.92 Å². The molecule has 0 spiro atoms.